The lowest BCUT2D eigenvalue weighted by atomic mass is 9.98. The van der Waals surface area contributed by atoms with Crippen molar-refractivity contribution in [3.63, 3.8) is 0 Å². The van der Waals surface area contributed by atoms with Crippen LogP contribution in [0, 0.1) is 11.5 Å². The van der Waals surface area contributed by atoms with Crippen molar-refractivity contribution in [2.75, 3.05) is 44.6 Å². The first-order valence-electron chi connectivity index (χ1n) is 16.6. The zero-order chi connectivity index (χ0) is 32.9. The highest BCUT2D eigenvalue weighted by atomic mass is 79.9. The standard InChI is InChI=1S/C34H42Br2N8O3/c35-27-18-23(19-28(36)31(27)45)20-30(32(46)42-14-8-25(9-15-42)41-12-4-1-5-13-41)39-33(38-22-37)43-16-10-26(11-17-43)44-21-24-6-2-3-7-29(24)40-34(44)47/h2-3,6-7,18-19,25-26,30,45H,1,4-5,8-17,20-21H2,(H,38,39)(H,40,47)/t30-/m0/s1. The van der Waals surface area contributed by atoms with Crippen molar-refractivity contribution < 1.29 is 14.7 Å². The highest BCUT2D eigenvalue weighted by Gasteiger charge is 2.35. The maximum Gasteiger partial charge on any atom is 0.322 e. The van der Waals surface area contributed by atoms with Gasteiger partial charge in [0.05, 0.1) is 8.95 Å². The molecule has 0 radical (unpaired) electrons. The molecule has 6 rings (SSSR count). The number of nitriles is 1. The molecule has 11 nitrogen and oxygen atoms in total. The second kappa shape index (κ2) is 15.3. The van der Waals surface area contributed by atoms with Crippen molar-refractivity contribution in [2.45, 2.75) is 76.0 Å². The minimum Gasteiger partial charge on any atom is -0.506 e. The maximum absolute atomic E-state index is 14.2. The van der Waals surface area contributed by atoms with E-state index in [1.807, 2.05) is 57.3 Å². The quantitative estimate of drug-likeness (QED) is 0.159. The minimum absolute atomic E-state index is 0.0493. The van der Waals surface area contributed by atoms with E-state index in [1.165, 1.54) is 19.3 Å². The number of hydrogen-bond acceptors (Lipinski definition) is 6. The molecule has 0 aromatic heterocycles. The number of anilines is 1. The molecule has 1 atom stereocenters. The summed E-state index contributed by atoms with van der Waals surface area (Å²) in [7, 11) is 0. The lowest BCUT2D eigenvalue weighted by Gasteiger charge is -2.41. The number of likely N-dealkylation sites (tertiary alicyclic amines) is 3. The predicted molar refractivity (Wildman–Crippen MR) is 188 cm³/mol. The van der Waals surface area contributed by atoms with E-state index in [9.17, 15) is 20.0 Å². The van der Waals surface area contributed by atoms with E-state index in [4.69, 9.17) is 4.99 Å². The van der Waals surface area contributed by atoms with Crippen LogP contribution in [0.5, 0.6) is 5.75 Å². The van der Waals surface area contributed by atoms with Crippen molar-refractivity contribution in [3.05, 3.63) is 56.5 Å². The zero-order valence-electron chi connectivity index (χ0n) is 26.5. The lowest BCUT2D eigenvalue weighted by Crippen LogP contribution is -2.53. The number of para-hydroxylation sites is 1. The molecule has 0 aliphatic carbocycles. The number of rotatable bonds is 6. The number of aliphatic imine (C=N–C) groups is 1. The molecule has 2 aromatic carbocycles. The van der Waals surface area contributed by atoms with E-state index in [2.05, 4.69) is 47.4 Å². The van der Waals surface area contributed by atoms with E-state index in [-0.39, 0.29) is 23.7 Å². The predicted octanol–water partition coefficient (Wildman–Crippen LogP) is 5.24. The van der Waals surface area contributed by atoms with Crippen LogP contribution >= 0.6 is 31.9 Å². The summed E-state index contributed by atoms with van der Waals surface area (Å²) < 4.78 is 1.06. The number of nitrogens with zero attached hydrogens (tertiary/aromatic N) is 6. The summed E-state index contributed by atoms with van der Waals surface area (Å²) >= 11 is 6.85. The first kappa shape index (κ1) is 33.6. The minimum atomic E-state index is -0.761. The van der Waals surface area contributed by atoms with Gasteiger partial charge in [0.2, 0.25) is 11.9 Å². The van der Waals surface area contributed by atoms with Gasteiger partial charge in [-0.1, -0.05) is 24.6 Å². The van der Waals surface area contributed by atoms with Gasteiger partial charge in [0.15, 0.2) is 6.19 Å². The molecule has 4 heterocycles. The molecule has 4 aliphatic rings. The molecule has 2 aromatic rings. The van der Waals surface area contributed by atoms with Crippen molar-refractivity contribution >= 4 is 55.4 Å². The summed E-state index contributed by atoms with van der Waals surface area (Å²) in [4.78, 5) is 40.5. The smallest absolute Gasteiger partial charge is 0.322 e. The molecule has 47 heavy (non-hydrogen) atoms. The molecule has 0 spiro atoms. The number of phenols is 1. The van der Waals surface area contributed by atoms with Crippen LogP contribution in [0.15, 0.2) is 50.3 Å². The zero-order valence-corrected chi connectivity index (χ0v) is 29.7. The van der Waals surface area contributed by atoms with Gasteiger partial charge in [-0.25, -0.2) is 9.79 Å². The van der Waals surface area contributed by atoms with Crippen LogP contribution in [-0.2, 0) is 17.8 Å². The summed E-state index contributed by atoms with van der Waals surface area (Å²) in [6, 6.07) is 11.2. The topological polar surface area (TPSA) is 128 Å². The third kappa shape index (κ3) is 7.87. The van der Waals surface area contributed by atoms with Crippen LogP contribution < -0.4 is 10.6 Å². The molecule has 0 unspecified atom stereocenters. The number of guanidine groups is 1. The number of fused-ring (bicyclic) bond motifs is 1. The molecular weight excluding hydrogens is 728 g/mol. The van der Waals surface area contributed by atoms with Crippen LogP contribution in [0.3, 0.4) is 0 Å². The Labute approximate surface area is 293 Å². The number of urea groups is 1. The molecule has 13 heteroatoms. The number of halogens is 2. The van der Waals surface area contributed by atoms with Gasteiger partial charge in [-0.3, -0.25) is 10.1 Å². The average molecular weight is 771 g/mol. The number of benzene rings is 2. The second-order valence-electron chi connectivity index (χ2n) is 12.9. The molecule has 3 N–H and O–H groups in total. The van der Waals surface area contributed by atoms with Crippen molar-refractivity contribution in [2.24, 2.45) is 4.99 Å². The van der Waals surface area contributed by atoms with Crippen molar-refractivity contribution in [1.29, 1.82) is 5.26 Å². The van der Waals surface area contributed by atoms with Gasteiger partial charge >= 0.3 is 6.03 Å². The lowest BCUT2D eigenvalue weighted by molar-refractivity contribution is -0.134. The Balaban J connectivity index is 1.18. The van der Waals surface area contributed by atoms with Crippen LogP contribution in [0.2, 0.25) is 0 Å². The number of piperidine rings is 3. The Kier molecular flexibility index (Phi) is 10.9. The second-order valence-corrected chi connectivity index (χ2v) is 14.6. The number of carbonyl (C=O) groups is 2. The number of carbonyl (C=O) groups excluding carboxylic acids is 2. The van der Waals surface area contributed by atoms with E-state index in [1.54, 1.807) is 0 Å². The van der Waals surface area contributed by atoms with Crippen molar-refractivity contribution in [3.8, 4) is 11.9 Å². The van der Waals surface area contributed by atoms with Gasteiger partial charge in [-0.05, 0) is 113 Å². The van der Waals surface area contributed by atoms with Crippen molar-refractivity contribution in [1.82, 2.24) is 24.9 Å². The third-order valence-electron chi connectivity index (χ3n) is 9.99. The number of hydrogen-bond donors (Lipinski definition) is 3. The average Bonchev–Trinajstić information content (AvgIpc) is 3.10. The number of aromatic hydroxyl groups is 1. The van der Waals surface area contributed by atoms with E-state index >= 15 is 0 Å². The third-order valence-corrected chi connectivity index (χ3v) is 11.2. The number of amides is 3. The Bertz CT molecular complexity index is 1500. The molecule has 250 valence electrons. The molecule has 3 amide bonds. The van der Waals surface area contributed by atoms with Gasteiger partial charge in [-0.2, -0.15) is 5.26 Å². The molecular formula is C34H42Br2N8O3. The first-order chi connectivity index (χ1) is 22.8. The summed E-state index contributed by atoms with van der Waals surface area (Å²) in [6.45, 7) is 5.39. The SMILES string of the molecule is N#CNC(=N[C@@H](Cc1cc(Br)c(O)c(Br)c1)C(=O)N1CCC(N2CCCCC2)CC1)N1CCC(N2Cc3ccccc3NC2=O)CC1. The highest BCUT2D eigenvalue weighted by Crippen LogP contribution is 2.34. The van der Waals surface area contributed by atoms with Crippen LogP contribution in [-0.4, -0.2) is 100.0 Å². The van der Waals surface area contributed by atoms with Gasteiger partial charge in [0.1, 0.15) is 11.8 Å². The normalized spacial score (nSPS) is 20.7. The highest BCUT2D eigenvalue weighted by molar-refractivity contribution is 9.11. The monoisotopic (exact) mass is 768 g/mol. The Morgan fingerprint density at radius 3 is 2.30 bits per heavy atom. The number of phenolic OH excluding ortho intramolecular Hbond substituents is 1. The van der Waals surface area contributed by atoms with Crippen LogP contribution in [0.1, 0.15) is 56.1 Å². The summed E-state index contributed by atoms with van der Waals surface area (Å²) in [6.07, 6.45) is 9.46. The molecule has 3 saturated heterocycles. The van der Waals surface area contributed by atoms with Gasteiger partial charge in [-0.15, -0.1) is 0 Å². The van der Waals surface area contributed by atoms with E-state index in [0.29, 0.717) is 72.9 Å². The first-order valence-corrected chi connectivity index (χ1v) is 18.2. The van der Waals surface area contributed by atoms with E-state index in [0.717, 1.165) is 42.7 Å². The van der Waals surface area contributed by atoms with Gasteiger partial charge < -0.3 is 30.0 Å². The van der Waals surface area contributed by atoms with E-state index < -0.39 is 6.04 Å². The molecule has 4 aliphatic heterocycles. The summed E-state index contributed by atoms with van der Waals surface area (Å²) in [5.41, 5.74) is 2.79. The Hall–Kier alpha value is -3.34. The van der Waals surface area contributed by atoms with Gasteiger partial charge in [0, 0.05) is 56.9 Å². The van der Waals surface area contributed by atoms with Crippen LogP contribution in [0.25, 0.3) is 0 Å². The fraction of sp³-hybridized carbons (Fsp3) is 0.529. The Morgan fingerprint density at radius 2 is 1.62 bits per heavy atom. The molecule has 0 bridgehead atoms. The fourth-order valence-corrected chi connectivity index (χ4v) is 8.67. The summed E-state index contributed by atoms with van der Waals surface area (Å²) in [5.74, 6) is 0.413. The Morgan fingerprint density at radius 1 is 0.979 bits per heavy atom. The molecule has 0 saturated carbocycles. The van der Waals surface area contributed by atoms with Crippen LogP contribution in [0.4, 0.5) is 10.5 Å². The number of nitrogens with one attached hydrogen (secondary N) is 2. The maximum atomic E-state index is 14.2. The largest absolute Gasteiger partial charge is 0.506 e. The fourth-order valence-electron chi connectivity index (χ4n) is 7.39. The molecule has 3 fully saturated rings. The summed E-state index contributed by atoms with van der Waals surface area (Å²) in [5, 5.41) is 25.8. The van der Waals surface area contributed by atoms with Gasteiger partial charge in [0.25, 0.3) is 0 Å².